The largest absolute Gasteiger partial charge is 0.393 e. The van der Waals surface area contributed by atoms with Crippen LogP contribution in [-0.4, -0.2) is 42.2 Å². The Bertz CT molecular complexity index is 533. The number of hydrogen-bond acceptors (Lipinski definition) is 4. The molecule has 1 amide bonds. The van der Waals surface area contributed by atoms with E-state index >= 15 is 0 Å². The Morgan fingerprint density at radius 2 is 2.19 bits per heavy atom. The van der Waals surface area contributed by atoms with E-state index in [2.05, 4.69) is 16.3 Å². The molecule has 1 fully saturated rings. The number of carbonyl (C=O) groups excluding carboxylic acids is 1. The van der Waals surface area contributed by atoms with E-state index in [1.807, 2.05) is 7.05 Å². The lowest BCUT2D eigenvalue weighted by Crippen LogP contribution is -2.38. The lowest BCUT2D eigenvalue weighted by atomic mass is 9.82. The molecule has 1 saturated carbocycles. The van der Waals surface area contributed by atoms with E-state index in [4.69, 9.17) is 5.26 Å². The smallest absolute Gasteiger partial charge is 0.225 e. The van der Waals surface area contributed by atoms with E-state index in [0.717, 1.165) is 19.4 Å². The number of aliphatic hydroxyl groups is 1. The number of carbonyl (C=O) groups is 1. The quantitative estimate of drug-likeness (QED) is 0.833. The molecule has 0 unspecified atom stereocenters. The van der Waals surface area contributed by atoms with Gasteiger partial charge in [-0.25, -0.2) is 0 Å². The summed E-state index contributed by atoms with van der Waals surface area (Å²) in [5, 5.41) is 21.0. The summed E-state index contributed by atoms with van der Waals surface area (Å²) < 4.78 is 0. The average Bonchev–Trinajstić information content (AvgIpc) is 2.44. The Morgan fingerprint density at radius 3 is 2.86 bits per heavy atom. The van der Waals surface area contributed by atoms with Gasteiger partial charge < -0.3 is 15.3 Å². The fraction of sp³-hybridized carbons (Fsp3) is 0.500. The van der Waals surface area contributed by atoms with Crippen LogP contribution in [0.5, 0.6) is 0 Å². The number of para-hydroxylation sites is 1. The second-order valence-corrected chi connectivity index (χ2v) is 5.71. The molecule has 0 aromatic heterocycles. The van der Waals surface area contributed by atoms with Crippen LogP contribution in [-0.2, 0) is 4.79 Å². The third-order valence-corrected chi connectivity index (χ3v) is 3.82. The number of nitrogens with one attached hydrogen (secondary N) is 1. The van der Waals surface area contributed by atoms with Crippen LogP contribution in [0.2, 0.25) is 0 Å². The standard InChI is InChI=1S/C16H21N3O2/c1-19(11-12-8-14(20)9-12)7-6-16(21)18-15-5-3-2-4-13(15)10-17/h2-5,12,14,20H,6-9,11H2,1H3,(H,18,21). The minimum Gasteiger partial charge on any atom is -0.393 e. The number of hydrogen-bond donors (Lipinski definition) is 2. The highest BCUT2D eigenvalue weighted by Gasteiger charge is 2.27. The first-order valence-electron chi connectivity index (χ1n) is 7.24. The van der Waals surface area contributed by atoms with E-state index in [1.165, 1.54) is 0 Å². The first-order chi connectivity index (χ1) is 10.1. The first kappa shape index (κ1) is 15.5. The van der Waals surface area contributed by atoms with Gasteiger partial charge in [0.25, 0.3) is 0 Å². The van der Waals surface area contributed by atoms with Crippen LogP contribution in [0.4, 0.5) is 5.69 Å². The van der Waals surface area contributed by atoms with E-state index in [-0.39, 0.29) is 12.0 Å². The zero-order chi connectivity index (χ0) is 15.2. The number of nitrogens with zero attached hydrogens (tertiary/aromatic N) is 2. The van der Waals surface area contributed by atoms with E-state index < -0.39 is 0 Å². The fourth-order valence-corrected chi connectivity index (χ4v) is 2.58. The van der Waals surface area contributed by atoms with Gasteiger partial charge in [-0.1, -0.05) is 12.1 Å². The van der Waals surface area contributed by atoms with E-state index in [1.54, 1.807) is 24.3 Å². The number of nitriles is 1. The van der Waals surface area contributed by atoms with Gasteiger partial charge in [0.2, 0.25) is 5.91 Å². The van der Waals surface area contributed by atoms with Crippen LogP contribution in [0.1, 0.15) is 24.8 Å². The first-order valence-corrected chi connectivity index (χ1v) is 7.24. The lowest BCUT2D eigenvalue weighted by Gasteiger charge is -2.34. The molecule has 1 aliphatic rings. The summed E-state index contributed by atoms with van der Waals surface area (Å²) in [4.78, 5) is 14.0. The van der Waals surface area contributed by atoms with Gasteiger partial charge >= 0.3 is 0 Å². The summed E-state index contributed by atoms with van der Waals surface area (Å²) in [6.07, 6.45) is 2.00. The molecule has 5 heteroatoms. The Balaban J connectivity index is 1.73. The van der Waals surface area contributed by atoms with Crippen LogP contribution in [0.15, 0.2) is 24.3 Å². The van der Waals surface area contributed by atoms with Crippen molar-refractivity contribution in [2.24, 2.45) is 5.92 Å². The van der Waals surface area contributed by atoms with Crippen LogP contribution in [0.3, 0.4) is 0 Å². The molecule has 0 saturated heterocycles. The van der Waals surface area contributed by atoms with Gasteiger partial charge in [0, 0.05) is 19.5 Å². The van der Waals surface area contributed by atoms with Crippen molar-refractivity contribution >= 4 is 11.6 Å². The molecule has 0 radical (unpaired) electrons. The SMILES string of the molecule is CN(CCC(=O)Nc1ccccc1C#N)CC1CC(O)C1. The van der Waals surface area contributed by atoms with Crippen molar-refractivity contribution in [1.29, 1.82) is 5.26 Å². The van der Waals surface area contributed by atoms with Crippen LogP contribution < -0.4 is 5.32 Å². The fourth-order valence-electron chi connectivity index (χ4n) is 2.58. The highest BCUT2D eigenvalue weighted by molar-refractivity contribution is 5.92. The Morgan fingerprint density at radius 1 is 1.48 bits per heavy atom. The number of benzene rings is 1. The van der Waals surface area contributed by atoms with Crippen LogP contribution in [0.25, 0.3) is 0 Å². The summed E-state index contributed by atoms with van der Waals surface area (Å²) in [6.45, 7) is 1.59. The lowest BCUT2D eigenvalue weighted by molar-refractivity contribution is -0.116. The van der Waals surface area contributed by atoms with Gasteiger partial charge in [-0.2, -0.15) is 5.26 Å². The molecule has 0 spiro atoms. The molecule has 5 nitrogen and oxygen atoms in total. The molecule has 21 heavy (non-hydrogen) atoms. The molecule has 1 aromatic rings. The molecule has 0 aliphatic heterocycles. The maximum atomic E-state index is 11.9. The molecule has 0 heterocycles. The molecular weight excluding hydrogens is 266 g/mol. The molecule has 2 rings (SSSR count). The minimum absolute atomic E-state index is 0.0850. The highest BCUT2D eigenvalue weighted by Crippen LogP contribution is 2.27. The molecule has 112 valence electrons. The van der Waals surface area contributed by atoms with Crippen LogP contribution in [0, 0.1) is 17.2 Å². The van der Waals surface area contributed by atoms with Gasteiger partial charge in [-0.05, 0) is 37.9 Å². The zero-order valence-corrected chi connectivity index (χ0v) is 12.2. The Kier molecular flexibility index (Phi) is 5.32. The maximum Gasteiger partial charge on any atom is 0.225 e. The zero-order valence-electron chi connectivity index (χ0n) is 12.2. The van der Waals surface area contributed by atoms with Crippen molar-refractivity contribution in [2.75, 3.05) is 25.5 Å². The summed E-state index contributed by atoms with van der Waals surface area (Å²) in [6, 6.07) is 9.05. The van der Waals surface area contributed by atoms with Gasteiger partial charge in [-0.15, -0.1) is 0 Å². The molecule has 1 aromatic carbocycles. The van der Waals surface area contributed by atoms with Crippen molar-refractivity contribution in [3.05, 3.63) is 29.8 Å². The Hall–Kier alpha value is -1.90. The number of rotatable bonds is 6. The summed E-state index contributed by atoms with van der Waals surface area (Å²) in [7, 11) is 1.99. The molecular formula is C16H21N3O2. The number of anilines is 1. The topological polar surface area (TPSA) is 76.4 Å². The molecule has 0 bridgehead atoms. The van der Waals surface area contributed by atoms with E-state index in [0.29, 0.717) is 30.1 Å². The summed E-state index contributed by atoms with van der Waals surface area (Å²) >= 11 is 0. The molecule has 0 atom stereocenters. The third-order valence-electron chi connectivity index (χ3n) is 3.82. The molecule has 1 aliphatic carbocycles. The average molecular weight is 287 g/mol. The second kappa shape index (κ2) is 7.21. The summed E-state index contributed by atoms with van der Waals surface area (Å²) in [5.74, 6) is 0.463. The van der Waals surface area contributed by atoms with Crippen molar-refractivity contribution in [3.63, 3.8) is 0 Å². The minimum atomic E-state index is -0.130. The van der Waals surface area contributed by atoms with Gasteiger partial charge in [0.05, 0.1) is 17.4 Å². The predicted octanol–water partition coefficient (Wildman–Crippen LogP) is 1.59. The van der Waals surface area contributed by atoms with Gasteiger partial charge in [0.1, 0.15) is 6.07 Å². The monoisotopic (exact) mass is 287 g/mol. The van der Waals surface area contributed by atoms with Gasteiger partial charge in [0.15, 0.2) is 0 Å². The number of aliphatic hydroxyl groups excluding tert-OH is 1. The third kappa shape index (κ3) is 4.55. The summed E-state index contributed by atoms with van der Waals surface area (Å²) in [5.41, 5.74) is 1.04. The van der Waals surface area contributed by atoms with Crippen molar-refractivity contribution in [1.82, 2.24) is 4.90 Å². The molecule has 2 N–H and O–H groups in total. The van der Waals surface area contributed by atoms with Gasteiger partial charge in [-0.3, -0.25) is 4.79 Å². The van der Waals surface area contributed by atoms with E-state index in [9.17, 15) is 9.90 Å². The van der Waals surface area contributed by atoms with Crippen molar-refractivity contribution in [2.45, 2.75) is 25.4 Å². The maximum absolute atomic E-state index is 11.9. The van der Waals surface area contributed by atoms with Crippen LogP contribution >= 0.6 is 0 Å². The number of amides is 1. The highest BCUT2D eigenvalue weighted by atomic mass is 16.3. The Labute approximate surface area is 125 Å². The van der Waals surface area contributed by atoms with Crippen molar-refractivity contribution in [3.8, 4) is 6.07 Å². The predicted molar refractivity (Wildman–Crippen MR) is 80.6 cm³/mol. The normalized spacial score (nSPS) is 20.7. The second-order valence-electron chi connectivity index (χ2n) is 5.71. The van der Waals surface area contributed by atoms with Crippen molar-refractivity contribution < 1.29 is 9.90 Å².